The maximum absolute atomic E-state index is 12.2. The van der Waals surface area contributed by atoms with Crippen molar-refractivity contribution >= 4 is 15.8 Å². The number of rotatable bonds is 4. The van der Waals surface area contributed by atoms with Crippen molar-refractivity contribution in [2.24, 2.45) is 5.11 Å². The van der Waals surface area contributed by atoms with Crippen molar-refractivity contribution < 1.29 is 12.6 Å². The van der Waals surface area contributed by atoms with Gasteiger partial charge in [0, 0.05) is 10.6 Å². The number of azide groups is 1. The quantitative estimate of drug-likeness (QED) is 0.371. The summed E-state index contributed by atoms with van der Waals surface area (Å²) in [5.74, 6) is 0.223. The van der Waals surface area contributed by atoms with Crippen LogP contribution in [0.2, 0.25) is 0 Å². The maximum Gasteiger partial charge on any atom is 0.339 e. The highest BCUT2D eigenvalue weighted by molar-refractivity contribution is 7.87. The maximum atomic E-state index is 12.2. The predicted molar refractivity (Wildman–Crippen MR) is 74.2 cm³/mol. The van der Waals surface area contributed by atoms with Gasteiger partial charge in [-0.3, -0.25) is 0 Å². The number of benzene rings is 2. The number of hydrogen-bond donors (Lipinski definition) is 0. The Bertz CT molecular complexity index is 767. The molecule has 7 heteroatoms. The molecule has 0 aliphatic carbocycles. The van der Waals surface area contributed by atoms with Crippen LogP contribution >= 0.6 is 0 Å². The van der Waals surface area contributed by atoms with Gasteiger partial charge in [0.15, 0.2) is 0 Å². The van der Waals surface area contributed by atoms with Crippen LogP contribution in [-0.2, 0) is 10.1 Å². The van der Waals surface area contributed by atoms with Gasteiger partial charge in [-0.05, 0) is 36.2 Å². The van der Waals surface area contributed by atoms with E-state index in [-0.39, 0.29) is 16.3 Å². The molecular weight excluding hydrogens is 278 g/mol. The molecule has 0 saturated carbocycles. The second-order valence-corrected chi connectivity index (χ2v) is 5.50. The highest BCUT2D eigenvalue weighted by atomic mass is 32.2. The van der Waals surface area contributed by atoms with Gasteiger partial charge in [0.1, 0.15) is 10.6 Å². The summed E-state index contributed by atoms with van der Waals surface area (Å²) in [4.78, 5) is 2.61. The number of nitrogens with zero attached hydrogens (tertiary/aromatic N) is 3. The van der Waals surface area contributed by atoms with E-state index in [1.54, 1.807) is 43.3 Å². The molecule has 0 spiro atoms. The van der Waals surface area contributed by atoms with E-state index in [2.05, 4.69) is 10.0 Å². The third-order valence-corrected chi connectivity index (χ3v) is 3.94. The van der Waals surface area contributed by atoms with Gasteiger partial charge < -0.3 is 4.18 Å². The standard InChI is InChI=1S/C13H11N3O3S/c1-10-7-8-11(15-16-14)9-13(10)20(17,18)19-12-5-3-2-4-6-12/h2-9H,1H3. The summed E-state index contributed by atoms with van der Waals surface area (Å²) in [6.07, 6.45) is 0. The van der Waals surface area contributed by atoms with Crippen LogP contribution in [0.3, 0.4) is 0 Å². The molecule has 0 bridgehead atoms. The minimum atomic E-state index is -3.97. The van der Waals surface area contributed by atoms with Gasteiger partial charge in [-0.25, -0.2) is 0 Å². The molecule has 0 saturated heterocycles. The second-order valence-electron chi connectivity index (χ2n) is 3.99. The summed E-state index contributed by atoms with van der Waals surface area (Å²) in [5.41, 5.74) is 9.12. The Balaban J connectivity index is 2.43. The van der Waals surface area contributed by atoms with E-state index in [1.807, 2.05) is 0 Å². The fourth-order valence-corrected chi connectivity index (χ4v) is 2.80. The van der Waals surface area contributed by atoms with Crippen LogP contribution in [0.5, 0.6) is 5.75 Å². The van der Waals surface area contributed by atoms with Crippen LogP contribution in [0.1, 0.15) is 5.56 Å². The van der Waals surface area contributed by atoms with Crippen molar-refractivity contribution in [2.75, 3.05) is 0 Å². The summed E-state index contributed by atoms with van der Waals surface area (Å²) in [6, 6.07) is 12.6. The van der Waals surface area contributed by atoms with Gasteiger partial charge in [-0.2, -0.15) is 8.42 Å². The Morgan fingerprint density at radius 1 is 1.15 bits per heavy atom. The highest BCUT2D eigenvalue weighted by Crippen LogP contribution is 2.25. The lowest BCUT2D eigenvalue weighted by atomic mass is 10.2. The Morgan fingerprint density at radius 2 is 1.85 bits per heavy atom. The SMILES string of the molecule is Cc1ccc(N=[N+]=[N-])cc1S(=O)(=O)Oc1ccccc1. The molecule has 0 atom stereocenters. The molecule has 20 heavy (non-hydrogen) atoms. The lowest BCUT2D eigenvalue weighted by molar-refractivity contribution is 0.485. The molecule has 2 aromatic rings. The first-order valence-corrected chi connectivity index (χ1v) is 7.09. The highest BCUT2D eigenvalue weighted by Gasteiger charge is 2.19. The largest absolute Gasteiger partial charge is 0.379 e. The lowest BCUT2D eigenvalue weighted by Gasteiger charge is -2.09. The van der Waals surface area contributed by atoms with E-state index >= 15 is 0 Å². The molecule has 0 radical (unpaired) electrons. The predicted octanol–water partition coefficient (Wildman–Crippen LogP) is 3.70. The summed E-state index contributed by atoms with van der Waals surface area (Å²) < 4.78 is 29.5. The molecule has 0 amide bonds. The molecule has 0 heterocycles. The van der Waals surface area contributed by atoms with Crippen molar-refractivity contribution in [3.8, 4) is 5.75 Å². The monoisotopic (exact) mass is 289 g/mol. The molecule has 0 aliphatic heterocycles. The fraction of sp³-hybridized carbons (Fsp3) is 0.0769. The van der Waals surface area contributed by atoms with Crippen LogP contribution in [0.4, 0.5) is 5.69 Å². The number of aryl methyl sites for hydroxylation is 1. The zero-order valence-electron chi connectivity index (χ0n) is 10.6. The third kappa shape index (κ3) is 3.09. The van der Waals surface area contributed by atoms with Crippen molar-refractivity contribution in [3.63, 3.8) is 0 Å². The van der Waals surface area contributed by atoms with E-state index in [9.17, 15) is 8.42 Å². The topological polar surface area (TPSA) is 92.1 Å². The Labute approximate surface area is 116 Å². The van der Waals surface area contributed by atoms with Crippen LogP contribution in [0.25, 0.3) is 10.4 Å². The first-order valence-electron chi connectivity index (χ1n) is 5.68. The first-order chi connectivity index (χ1) is 9.53. The van der Waals surface area contributed by atoms with Crippen LogP contribution in [0, 0.1) is 6.92 Å². The Kier molecular flexibility index (Phi) is 3.93. The summed E-state index contributed by atoms with van der Waals surface area (Å²) in [5, 5.41) is 3.39. The fourth-order valence-electron chi connectivity index (χ4n) is 1.62. The molecule has 102 valence electrons. The van der Waals surface area contributed by atoms with Crippen molar-refractivity contribution in [3.05, 3.63) is 64.5 Å². The minimum absolute atomic E-state index is 0.0220. The van der Waals surface area contributed by atoms with Crippen LogP contribution < -0.4 is 4.18 Å². The van der Waals surface area contributed by atoms with E-state index in [1.165, 1.54) is 12.1 Å². The summed E-state index contributed by atoms with van der Waals surface area (Å²) >= 11 is 0. The molecule has 2 rings (SSSR count). The zero-order chi connectivity index (χ0) is 14.6. The molecule has 2 aromatic carbocycles. The average molecular weight is 289 g/mol. The van der Waals surface area contributed by atoms with Gasteiger partial charge in [-0.15, -0.1) is 0 Å². The van der Waals surface area contributed by atoms with Crippen molar-refractivity contribution in [1.29, 1.82) is 0 Å². The van der Waals surface area contributed by atoms with E-state index in [0.717, 1.165) is 0 Å². The van der Waals surface area contributed by atoms with Crippen molar-refractivity contribution in [1.82, 2.24) is 0 Å². The molecule has 0 fully saturated rings. The van der Waals surface area contributed by atoms with Gasteiger partial charge in [0.05, 0.1) is 0 Å². The minimum Gasteiger partial charge on any atom is -0.379 e. The second kappa shape index (κ2) is 5.64. The molecule has 0 N–H and O–H groups in total. The molecular formula is C13H11N3O3S. The number of para-hydroxylation sites is 1. The normalized spacial score (nSPS) is 10.7. The lowest BCUT2D eigenvalue weighted by Crippen LogP contribution is -2.11. The summed E-state index contributed by atoms with van der Waals surface area (Å²) in [7, 11) is -3.97. The van der Waals surface area contributed by atoms with Crippen LogP contribution in [0.15, 0.2) is 58.5 Å². The van der Waals surface area contributed by atoms with Gasteiger partial charge >= 0.3 is 10.1 Å². The third-order valence-electron chi connectivity index (χ3n) is 2.55. The zero-order valence-corrected chi connectivity index (χ0v) is 11.4. The van der Waals surface area contributed by atoms with Gasteiger partial charge in [-0.1, -0.05) is 35.4 Å². The Morgan fingerprint density at radius 3 is 2.50 bits per heavy atom. The van der Waals surface area contributed by atoms with E-state index < -0.39 is 10.1 Å². The average Bonchev–Trinajstić information content (AvgIpc) is 2.42. The van der Waals surface area contributed by atoms with Crippen LogP contribution in [-0.4, -0.2) is 8.42 Å². The molecule has 0 unspecified atom stereocenters. The van der Waals surface area contributed by atoms with E-state index in [0.29, 0.717) is 5.56 Å². The van der Waals surface area contributed by atoms with Gasteiger partial charge in [0.25, 0.3) is 0 Å². The first kappa shape index (κ1) is 13.9. The number of hydrogen-bond acceptors (Lipinski definition) is 4. The molecule has 6 nitrogen and oxygen atoms in total. The van der Waals surface area contributed by atoms with Crippen molar-refractivity contribution in [2.45, 2.75) is 11.8 Å². The molecule has 0 aromatic heterocycles. The van der Waals surface area contributed by atoms with E-state index in [4.69, 9.17) is 9.71 Å². The Hall–Kier alpha value is -2.50. The summed E-state index contributed by atoms with van der Waals surface area (Å²) in [6.45, 7) is 1.64. The smallest absolute Gasteiger partial charge is 0.339 e. The molecule has 0 aliphatic rings. The van der Waals surface area contributed by atoms with Gasteiger partial charge in [0.2, 0.25) is 0 Å².